The summed E-state index contributed by atoms with van der Waals surface area (Å²) in [5.74, 6) is -0.119. The van der Waals surface area contributed by atoms with Crippen LogP contribution in [0.25, 0.3) is 0 Å². The lowest BCUT2D eigenvalue weighted by atomic mass is 10.1. The van der Waals surface area contributed by atoms with Gasteiger partial charge in [0.05, 0.1) is 17.7 Å². The highest BCUT2D eigenvalue weighted by Crippen LogP contribution is 2.30. The number of nitrogens with zero attached hydrogens (tertiary/aromatic N) is 2. The highest BCUT2D eigenvalue weighted by atomic mass is 35.5. The predicted molar refractivity (Wildman–Crippen MR) is 167 cm³/mol. The minimum Gasteiger partial charge on any atom is -0.497 e. The van der Waals surface area contributed by atoms with Crippen molar-refractivity contribution in [2.75, 3.05) is 24.5 Å². The van der Waals surface area contributed by atoms with Gasteiger partial charge in [0.15, 0.2) is 0 Å². The number of unbranched alkanes of at least 4 members (excludes halogenated alkanes) is 1. The molecule has 0 saturated heterocycles. The maximum Gasteiger partial charge on any atom is 0.264 e. The van der Waals surface area contributed by atoms with Gasteiger partial charge in [0.25, 0.3) is 10.0 Å². The fourth-order valence-electron chi connectivity index (χ4n) is 4.60. The molecule has 0 unspecified atom stereocenters. The molecule has 2 amide bonds. The molecule has 3 aromatic carbocycles. The number of rotatable bonds is 14. The van der Waals surface area contributed by atoms with E-state index in [0.717, 1.165) is 28.3 Å². The van der Waals surface area contributed by atoms with E-state index in [1.807, 2.05) is 32.9 Å². The van der Waals surface area contributed by atoms with Crippen molar-refractivity contribution in [3.05, 3.63) is 88.4 Å². The Morgan fingerprint density at radius 1 is 0.976 bits per heavy atom. The second kappa shape index (κ2) is 15.1. The van der Waals surface area contributed by atoms with Crippen LogP contribution in [-0.4, -0.2) is 51.4 Å². The largest absolute Gasteiger partial charge is 0.497 e. The van der Waals surface area contributed by atoms with Crippen molar-refractivity contribution in [3.8, 4) is 5.75 Å². The van der Waals surface area contributed by atoms with Crippen LogP contribution >= 0.6 is 11.6 Å². The van der Waals surface area contributed by atoms with E-state index in [-0.39, 0.29) is 17.3 Å². The molecule has 3 rings (SSSR count). The molecule has 0 bridgehead atoms. The first kappa shape index (κ1) is 32.9. The van der Waals surface area contributed by atoms with Crippen LogP contribution < -0.4 is 14.4 Å². The lowest BCUT2D eigenvalue weighted by molar-refractivity contribution is -0.140. The second-order valence-electron chi connectivity index (χ2n) is 10.2. The number of hydrogen-bond acceptors (Lipinski definition) is 5. The first-order valence-corrected chi connectivity index (χ1v) is 15.9. The summed E-state index contributed by atoms with van der Waals surface area (Å²) in [6.45, 7) is 7.58. The molecule has 3 aromatic rings. The molecule has 10 heteroatoms. The maximum absolute atomic E-state index is 14.2. The first-order valence-electron chi connectivity index (χ1n) is 14.1. The molecule has 226 valence electrons. The minimum atomic E-state index is -4.16. The summed E-state index contributed by atoms with van der Waals surface area (Å²) < 4.78 is 34.5. The Labute approximate surface area is 254 Å². The van der Waals surface area contributed by atoms with Gasteiger partial charge in [-0.05, 0) is 80.3 Å². The molecule has 0 aliphatic rings. The first-order chi connectivity index (χ1) is 20.0. The van der Waals surface area contributed by atoms with Crippen molar-refractivity contribution in [2.45, 2.75) is 64.4 Å². The fraction of sp³-hybridized carbons (Fsp3) is 0.375. The Hall–Kier alpha value is -3.56. The highest BCUT2D eigenvalue weighted by Gasteiger charge is 2.34. The number of methoxy groups -OCH3 is 1. The molecule has 0 aliphatic heterocycles. The van der Waals surface area contributed by atoms with Crippen LogP contribution in [0, 0.1) is 13.8 Å². The summed E-state index contributed by atoms with van der Waals surface area (Å²) in [7, 11) is -2.59. The SMILES string of the molecule is CCCCNC(=O)[C@@H](CC)N(Cc1ccc(OC)cc1)C(=O)CN(c1ccc(Cl)cc1C)S(=O)(=O)c1ccc(C)cc1. The Morgan fingerprint density at radius 2 is 1.64 bits per heavy atom. The minimum absolute atomic E-state index is 0.0568. The summed E-state index contributed by atoms with van der Waals surface area (Å²) in [5, 5.41) is 3.39. The van der Waals surface area contributed by atoms with Crippen molar-refractivity contribution >= 4 is 39.1 Å². The molecular weight excluding hydrogens is 574 g/mol. The number of aryl methyl sites for hydroxylation is 2. The maximum atomic E-state index is 14.2. The zero-order valence-corrected chi connectivity index (χ0v) is 26.5. The zero-order chi connectivity index (χ0) is 30.9. The van der Waals surface area contributed by atoms with Crippen LogP contribution in [0.2, 0.25) is 5.02 Å². The summed E-state index contributed by atoms with van der Waals surface area (Å²) >= 11 is 6.19. The Bertz CT molecular complexity index is 1460. The van der Waals surface area contributed by atoms with Crippen LogP contribution in [0.15, 0.2) is 71.6 Å². The number of ether oxygens (including phenoxy) is 1. The second-order valence-corrected chi connectivity index (χ2v) is 12.5. The van der Waals surface area contributed by atoms with Gasteiger partial charge in [-0.1, -0.05) is 61.7 Å². The Morgan fingerprint density at radius 3 is 2.21 bits per heavy atom. The van der Waals surface area contributed by atoms with Gasteiger partial charge >= 0.3 is 0 Å². The number of carbonyl (C=O) groups excluding carboxylic acids is 2. The van der Waals surface area contributed by atoms with Crippen molar-refractivity contribution in [1.29, 1.82) is 0 Å². The summed E-state index contributed by atoms with van der Waals surface area (Å²) in [5.41, 5.74) is 2.61. The lowest BCUT2D eigenvalue weighted by Gasteiger charge is -2.33. The lowest BCUT2D eigenvalue weighted by Crippen LogP contribution is -2.52. The molecule has 0 fully saturated rings. The van der Waals surface area contributed by atoms with E-state index >= 15 is 0 Å². The number of nitrogens with one attached hydrogen (secondary N) is 1. The number of hydrogen-bond donors (Lipinski definition) is 1. The van der Waals surface area contributed by atoms with Gasteiger partial charge in [-0.2, -0.15) is 0 Å². The Kier molecular flexibility index (Phi) is 11.8. The molecule has 8 nitrogen and oxygen atoms in total. The van der Waals surface area contributed by atoms with E-state index < -0.39 is 28.5 Å². The molecule has 0 saturated carbocycles. The number of halogens is 1. The zero-order valence-electron chi connectivity index (χ0n) is 24.9. The average molecular weight is 614 g/mol. The van der Waals surface area contributed by atoms with Gasteiger partial charge in [-0.15, -0.1) is 0 Å². The number of benzene rings is 3. The van der Waals surface area contributed by atoms with Crippen molar-refractivity contribution in [2.24, 2.45) is 0 Å². The van der Waals surface area contributed by atoms with E-state index in [4.69, 9.17) is 16.3 Å². The summed E-state index contributed by atoms with van der Waals surface area (Å²) in [6, 6.07) is 17.7. The molecule has 1 N–H and O–H groups in total. The topological polar surface area (TPSA) is 96.0 Å². The van der Waals surface area contributed by atoms with Crippen molar-refractivity contribution < 1.29 is 22.7 Å². The van der Waals surface area contributed by atoms with Gasteiger partial charge < -0.3 is 15.0 Å². The van der Waals surface area contributed by atoms with E-state index in [1.165, 1.54) is 17.0 Å². The number of carbonyl (C=O) groups is 2. The molecule has 0 spiro atoms. The third-order valence-electron chi connectivity index (χ3n) is 7.04. The standard InChI is InChI=1S/C32H40ClN3O5S/c1-6-8-19-34-32(38)29(7-2)35(21-25-11-14-27(41-5)15-12-25)31(37)22-36(30-18-13-26(33)20-24(30)4)42(39,40)28-16-9-23(3)10-17-28/h9-18,20,29H,6-8,19,21-22H2,1-5H3,(H,34,38)/t29-/m1/s1. The Balaban J connectivity index is 2.06. The molecule has 42 heavy (non-hydrogen) atoms. The normalized spacial score (nSPS) is 12.0. The number of sulfonamides is 1. The van der Waals surface area contributed by atoms with Gasteiger partial charge in [0, 0.05) is 18.1 Å². The fourth-order valence-corrected chi connectivity index (χ4v) is 6.31. The van der Waals surface area contributed by atoms with E-state index in [9.17, 15) is 18.0 Å². The molecule has 0 heterocycles. The van der Waals surface area contributed by atoms with Crippen molar-refractivity contribution in [1.82, 2.24) is 10.2 Å². The molecular formula is C32H40ClN3O5S. The molecule has 0 radical (unpaired) electrons. The molecule has 0 aromatic heterocycles. The van der Waals surface area contributed by atoms with Crippen molar-refractivity contribution in [3.63, 3.8) is 0 Å². The average Bonchev–Trinajstić information content (AvgIpc) is 2.96. The van der Waals surface area contributed by atoms with E-state index in [0.29, 0.717) is 35.0 Å². The van der Waals surface area contributed by atoms with Gasteiger partial charge in [-0.3, -0.25) is 13.9 Å². The van der Waals surface area contributed by atoms with E-state index in [2.05, 4.69) is 5.32 Å². The number of anilines is 1. The summed E-state index contributed by atoms with van der Waals surface area (Å²) in [4.78, 5) is 29.0. The third kappa shape index (κ3) is 8.26. The quantitative estimate of drug-likeness (QED) is 0.229. The smallest absolute Gasteiger partial charge is 0.264 e. The highest BCUT2D eigenvalue weighted by molar-refractivity contribution is 7.92. The monoisotopic (exact) mass is 613 g/mol. The van der Waals surface area contributed by atoms with Crippen LogP contribution in [0.1, 0.15) is 49.8 Å². The molecule has 1 atom stereocenters. The van der Waals surface area contributed by atoms with Gasteiger partial charge in [-0.25, -0.2) is 8.42 Å². The predicted octanol–water partition coefficient (Wildman–Crippen LogP) is 5.88. The number of amides is 2. The van der Waals surface area contributed by atoms with Crippen LogP contribution in [0.3, 0.4) is 0 Å². The van der Waals surface area contributed by atoms with Crippen LogP contribution in [0.5, 0.6) is 5.75 Å². The van der Waals surface area contributed by atoms with Crippen LogP contribution in [0.4, 0.5) is 5.69 Å². The van der Waals surface area contributed by atoms with E-state index in [1.54, 1.807) is 56.5 Å². The third-order valence-corrected chi connectivity index (χ3v) is 9.05. The summed E-state index contributed by atoms with van der Waals surface area (Å²) in [6.07, 6.45) is 2.08. The van der Waals surface area contributed by atoms with Gasteiger partial charge in [0.1, 0.15) is 18.3 Å². The van der Waals surface area contributed by atoms with Crippen LogP contribution in [-0.2, 0) is 26.2 Å². The molecule has 0 aliphatic carbocycles. The van der Waals surface area contributed by atoms with Gasteiger partial charge in [0.2, 0.25) is 11.8 Å².